The first-order valence-electron chi connectivity index (χ1n) is 9.62. The molecular weight excluding hydrogens is 381 g/mol. The van der Waals surface area contributed by atoms with Crippen molar-refractivity contribution in [3.8, 4) is 5.75 Å². The van der Waals surface area contributed by atoms with Crippen LogP contribution in [0.25, 0.3) is 0 Å². The smallest absolute Gasteiger partial charge is 0.416 e. The van der Waals surface area contributed by atoms with Gasteiger partial charge in [-0.15, -0.1) is 0 Å². The molecule has 0 bridgehead atoms. The molecule has 0 radical (unpaired) electrons. The molecule has 4 rings (SSSR count). The van der Waals surface area contributed by atoms with Gasteiger partial charge in [-0.25, -0.2) is 0 Å². The number of pyridine rings is 1. The molecule has 1 aromatic carbocycles. The number of aromatic nitrogens is 1. The molecule has 1 aromatic heterocycles. The molecule has 2 aliphatic rings. The van der Waals surface area contributed by atoms with E-state index in [0.717, 1.165) is 41.9 Å². The lowest BCUT2D eigenvalue weighted by Crippen LogP contribution is -2.32. The average molecular weight is 402 g/mol. The number of hydrogen-bond acceptors (Lipinski definition) is 3. The van der Waals surface area contributed by atoms with Gasteiger partial charge in [-0.1, -0.05) is 12.6 Å². The lowest BCUT2D eigenvalue weighted by molar-refractivity contribution is -0.137. The second-order valence-electron chi connectivity index (χ2n) is 7.46. The summed E-state index contributed by atoms with van der Waals surface area (Å²) in [5.74, 6) is 0.561. The van der Waals surface area contributed by atoms with Gasteiger partial charge in [0.25, 0.3) is 0 Å². The third-order valence-electron chi connectivity index (χ3n) is 5.33. The van der Waals surface area contributed by atoms with E-state index in [1.165, 1.54) is 18.2 Å². The van der Waals surface area contributed by atoms with Crippen LogP contribution in [0.2, 0.25) is 0 Å². The van der Waals surface area contributed by atoms with Crippen molar-refractivity contribution in [1.82, 2.24) is 10.3 Å². The maximum absolute atomic E-state index is 12.8. The number of amides is 1. The van der Waals surface area contributed by atoms with Crippen LogP contribution in [0.15, 0.2) is 49.1 Å². The Bertz CT molecular complexity index is 921. The van der Waals surface area contributed by atoms with E-state index >= 15 is 0 Å². The standard InChI is InChI=1S/C22H21F3N2O2/c1-2-20(28)26-18-11-12-19(21-16(18)9-10-17(27-21)13-3-4-13)29-15-7-5-14(6-8-15)22(23,24)25/h2,5-10,13,18-19H,1,3-4,11-12H2,(H,26,28). The van der Waals surface area contributed by atoms with E-state index in [4.69, 9.17) is 9.72 Å². The van der Waals surface area contributed by atoms with Gasteiger partial charge in [0.15, 0.2) is 0 Å². The van der Waals surface area contributed by atoms with Crippen molar-refractivity contribution in [3.63, 3.8) is 0 Å². The molecule has 1 heterocycles. The van der Waals surface area contributed by atoms with Crippen LogP contribution in [0.4, 0.5) is 13.2 Å². The quantitative estimate of drug-likeness (QED) is 0.697. The molecule has 0 aliphatic heterocycles. The molecule has 152 valence electrons. The van der Waals surface area contributed by atoms with Gasteiger partial charge in [0, 0.05) is 11.6 Å². The fourth-order valence-electron chi connectivity index (χ4n) is 3.65. The highest BCUT2D eigenvalue weighted by atomic mass is 19.4. The molecule has 1 amide bonds. The minimum absolute atomic E-state index is 0.191. The molecule has 0 spiro atoms. The van der Waals surface area contributed by atoms with Crippen LogP contribution < -0.4 is 10.1 Å². The highest BCUT2D eigenvalue weighted by molar-refractivity contribution is 5.87. The number of alkyl halides is 3. The predicted molar refractivity (Wildman–Crippen MR) is 101 cm³/mol. The monoisotopic (exact) mass is 402 g/mol. The second kappa shape index (κ2) is 7.54. The SMILES string of the molecule is C=CC(=O)NC1CCC(Oc2ccc(C(F)(F)F)cc2)c2nc(C3CC3)ccc21. The largest absolute Gasteiger partial charge is 0.484 e. The van der Waals surface area contributed by atoms with E-state index in [1.807, 2.05) is 12.1 Å². The Morgan fingerprint density at radius 2 is 1.83 bits per heavy atom. The van der Waals surface area contributed by atoms with Crippen LogP contribution in [0.3, 0.4) is 0 Å². The van der Waals surface area contributed by atoms with E-state index < -0.39 is 11.7 Å². The van der Waals surface area contributed by atoms with E-state index in [-0.39, 0.29) is 18.1 Å². The molecule has 7 heteroatoms. The Balaban J connectivity index is 1.60. The predicted octanol–water partition coefficient (Wildman–Crippen LogP) is 5.24. The summed E-state index contributed by atoms with van der Waals surface area (Å²) in [7, 11) is 0. The number of rotatable bonds is 5. The Labute approximate surface area is 166 Å². The topological polar surface area (TPSA) is 51.2 Å². The number of nitrogens with one attached hydrogen (secondary N) is 1. The Morgan fingerprint density at radius 3 is 2.45 bits per heavy atom. The number of carbonyl (C=O) groups excluding carboxylic acids is 1. The Kier molecular flexibility index (Phi) is 5.06. The minimum atomic E-state index is -4.38. The molecular formula is C22H21F3N2O2. The summed E-state index contributed by atoms with van der Waals surface area (Å²) < 4.78 is 44.4. The van der Waals surface area contributed by atoms with Crippen LogP contribution in [-0.4, -0.2) is 10.9 Å². The van der Waals surface area contributed by atoms with Crippen molar-refractivity contribution in [2.75, 3.05) is 0 Å². The zero-order chi connectivity index (χ0) is 20.6. The molecule has 1 fully saturated rings. The normalized spacial score (nSPS) is 21.2. The van der Waals surface area contributed by atoms with Crippen LogP contribution in [0, 0.1) is 0 Å². The minimum Gasteiger partial charge on any atom is -0.484 e. The molecule has 2 aromatic rings. The van der Waals surface area contributed by atoms with Crippen molar-refractivity contribution in [1.29, 1.82) is 0 Å². The Hall–Kier alpha value is -2.83. The highest BCUT2D eigenvalue weighted by Gasteiger charge is 2.34. The van der Waals surface area contributed by atoms with Gasteiger partial charge in [0.1, 0.15) is 11.9 Å². The lowest BCUT2D eigenvalue weighted by atomic mass is 9.88. The van der Waals surface area contributed by atoms with E-state index in [9.17, 15) is 18.0 Å². The van der Waals surface area contributed by atoms with Crippen molar-refractivity contribution >= 4 is 5.91 Å². The number of nitrogens with zero attached hydrogens (tertiary/aromatic N) is 1. The van der Waals surface area contributed by atoms with Crippen LogP contribution in [-0.2, 0) is 11.0 Å². The maximum atomic E-state index is 12.8. The number of benzene rings is 1. The zero-order valence-electron chi connectivity index (χ0n) is 15.7. The van der Waals surface area contributed by atoms with E-state index in [0.29, 0.717) is 24.5 Å². The fraction of sp³-hybridized carbons (Fsp3) is 0.364. The number of fused-ring (bicyclic) bond motifs is 1. The molecule has 1 N–H and O–H groups in total. The van der Waals surface area contributed by atoms with Gasteiger partial charge >= 0.3 is 6.18 Å². The van der Waals surface area contributed by atoms with E-state index in [1.54, 1.807) is 0 Å². The van der Waals surface area contributed by atoms with Gasteiger partial charge in [-0.3, -0.25) is 9.78 Å². The van der Waals surface area contributed by atoms with Crippen molar-refractivity contribution in [2.24, 2.45) is 0 Å². The summed E-state index contributed by atoms with van der Waals surface area (Å²) in [5, 5.41) is 2.92. The molecule has 0 saturated heterocycles. The molecule has 1 saturated carbocycles. The van der Waals surface area contributed by atoms with Gasteiger partial charge in [0.05, 0.1) is 17.3 Å². The molecule has 4 nitrogen and oxygen atoms in total. The van der Waals surface area contributed by atoms with Crippen molar-refractivity contribution in [2.45, 2.75) is 49.9 Å². The molecule has 2 unspecified atom stereocenters. The summed E-state index contributed by atoms with van der Waals surface area (Å²) in [5.41, 5.74) is 1.92. The molecule has 2 aliphatic carbocycles. The first-order valence-corrected chi connectivity index (χ1v) is 9.62. The summed E-state index contributed by atoms with van der Waals surface area (Å²) in [4.78, 5) is 16.6. The summed E-state index contributed by atoms with van der Waals surface area (Å²) >= 11 is 0. The highest BCUT2D eigenvalue weighted by Crippen LogP contribution is 2.43. The van der Waals surface area contributed by atoms with Gasteiger partial charge in [0.2, 0.25) is 5.91 Å². The molecule has 2 atom stereocenters. The van der Waals surface area contributed by atoms with Crippen molar-refractivity contribution in [3.05, 3.63) is 71.6 Å². The van der Waals surface area contributed by atoms with Gasteiger partial charge in [-0.05, 0) is 67.7 Å². The van der Waals surface area contributed by atoms with Gasteiger partial charge in [-0.2, -0.15) is 13.2 Å². The van der Waals surface area contributed by atoms with Gasteiger partial charge < -0.3 is 10.1 Å². The second-order valence-corrected chi connectivity index (χ2v) is 7.46. The average Bonchev–Trinajstić information content (AvgIpc) is 3.54. The fourth-order valence-corrected chi connectivity index (χ4v) is 3.65. The summed E-state index contributed by atoms with van der Waals surface area (Å²) in [6.07, 6.45) is -0.0829. The first-order chi connectivity index (χ1) is 13.8. The number of carbonyl (C=O) groups is 1. The van der Waals surface area contributed by atoms with Crippen LogP contribution >= 0.6 is 0 Å². The third-order valence-corrected chi connectivity index (χ3v) is 5.33. The summed E-state index contributed by atoms with van der Waals surface area (Å²) in [6.45, 7) is 3.49. The zero-order valence-corrected chi connectivity index (χ0v) is 15.7. The first kappa shape index (κ1) is 19.5. The Morgan fingerprint density at radius 1 is 1.10 bits per heavy atom. The van der Waals surface area contributed by atoms with E-state index in [2.05, 4.69) is 11.9 Å². The molecule has 29 heavy (non-hydrogen) atoms. The summed E-state index contributed by atoms with van der Waals surface area (Å²) in [6, 6.07) is 8.47. The van der Waals surface area contributed by atoms with Crippen LogP contribution in [0.1, 0.15) is 66.3 Å². The number of halogens is 3. The number of hydrogen-bond donors (Lipinski definition) is 1. The third kappa shape index (κ3) is 4.28. The maximum Gasteiger partial charge on any atom is 0.416 e. The number of ether oxygens (including phenoxy) is 1. The lowest BCUT2D eigenvalue weighted by Gasteiger charge is -2.31. The van der Waals surface area contributed by atoms with Crippen LogP contribution in [0.5, 0.6) is 5.75 Å². The van der Waals surface area contributed by atoms with Crippen molar-refractivity contribution < 1.29 is 22.7 Å².